The summed E-state index contributed by atoms with van der Waals surface area (Å²) in [4.78, 5) is 29.7. The summed E-state index contributed by atoms with van der Waals surface area (Å²) in [5.74, 6) is 1.26. The van der Waals surface area contributed by atoms with Gasteiger partial charge in [0.15, 0.2) is 0 Å². The van der Waals surface area contributed by atoms with E-state index in [1.165, 1.54) is 5.56 Å². The van der Waals surface area contributed by atoms with Crippen molar-refractivity contribution in [1.29, 1.82) is 0 Å². The van der Waals surface area contributed by atoms with Gasteiger partial charge >= 0.3 is 0 Å². The maximum absolute atomic E-state index is 12.7. The smallest absolute Gasteiger partial charge is 0.254 e. The minimum absolute atomic E-state index is 0.0947. The summed E-state index contributed by atoms with van der Waals surface area (Å²) in [6, 6.07) is 14.3. The molecule has 2 aromatic heterocycles. The highest BCUT2D eigenvalue weighted by molar-refractivity contribution is 5.83. The van der Waals surface area contributed by atoms with Crippen molar-refractivity contribution in [1.82, 2.24) is 19.9 Å². The Morgan fingerprint density at radius 1 is 0.862 bits per heavy atom. The molecular weight excluding hydrogens is 360 g/mol. The van der Waals surface area contributed by atoms with Crippen LogP contribution in [0.3, 0.4) is 0 Å². The highest BCUT2D eigenvalue weighted by Gasteiger charge is 2.12. The molecule has 4 rings (SSSR count). The second-order valence-electron chi connectivity index (χ2n) is 7.62. The minimum Gasteiger partial charge on any atom is -0.310 e. The van der Waals surface area contributed by atoms with Crippen LogP contribution in [0.5, 0.6) is 0 Å². The highest BCUT2D eigenvalue weighted by atomic mass is 16.1. The second kappa shape index (κ2) is 7.59. The van der Waals surface area contributed by atoms with Crippen molar-refractivity contribution < 1.29 is 0 Å². The van der Waals surface area contributed by atoms with E-state index < -0.39 is 0 Å². The Morgan fingerprint density at radius 2 is 1.66 bits per heavy atom. The Bertz CT molecular complexity index is 1270. The molecule has 0 amide bonds. The molecule has 0 saturated carbocycles. The van der Waals surface area contributed by atoms with E-state index in [9.17, 15) is 4.79 Å². The van der Waals surface area contributed by atoms with Crippen molar-refractivity contribution in [3.63, 3.8) is 0 Å². The summed E-state index contributed by atoms with van der Waals surface area (Å²) in [5, 5.41) is 1.06. The van der Waals surface area contributed by atoms with Gasteiger partial charge in [-0.05, 0) is 38.8 Å². The van der Waals surface area contributed by atoms with Gasteiger partial charge in [-0.1, -0.05) is 48.0 Å². The molecule has 0 radical (unpaired) electrons. The molecule has 0 bridgehead atoms. The fourth-order valence-electron chi connectivity index (χ4n) is 3.72. The zero-order valence-corrected chi connectivity index (χ0v) is 17.2. The predicted octanol–water partition coefficient (Wildman–Crippen LogP) is 4.13. The molecule has 5 nitrogen and oxygen atoms in total. The Kier molecular flexibility index (Phi) is 4.97. The molecule has 0 atom stereocenters. The number of para-hydroxylation sites is 1. The van der Waals surface area contributed by atoms with Gasteiger partial charge in [0.25, 0.3) is 5.56 Å². The lowest BCUT2D eigenvalue weighted by atomic mass is 10.0. The predicted molar refractivity (Wildman–Crippen MR) is 115 cm³/mol. The lowest BCUT2D eigenvalue weighted by Crippen LogP contribution is -2.20. The van der Waals surface area contributed by atoms with Crippen LogP contribution in [0.4, 0.5) is 0 Å². The molecule has 1 N–H and O–H groups in total. The van der Waals surface area contributed by atoms with Gasteiger partial charge in [0.2, 0.25) is 0 Å². The lowest BCUT2D eigenvalue weighted by Gasteiger charge is -2.10. The van der Waals surface area contributed by atoms with E-state index in [1.54, 1.807) is 0 Å². The molecule has 2 aromatic carbocycles. The van der Waals surface area contributed by atoms with Gasteiger partial charge in [-0.25, -0.2) is 15.0 Å². The number of hydrogen-bond donors (Lipinski definition) is 1. The Hall–Kier alpha value is -3.34. The number of H-pyrrole nitrogens is 1. The van der Waals surface area contributed by atoms with E-state index in [-0.39, 0.29) is 5.56 Å². The second-order valence-corrected chi connectivity index (χ2v) is 7.62. The first-order valence-corrected chi connectivity index (χ1v) is 9.78. The molecule has 0 saturated heterocycles. The Balaban J connectivity index is 1.66. The van der Waals surface area contributed by atoms with Gasteiger partial charge in [0.1, 0.15) is 11.6 Å². The normalized spacial score (nSPS) is 11.2. The number of rotatable bonds is 4. The van der Waals surface area contributed by atoms with Crippen molar-refractivity contribution in [3.8, 4) is 0 Å². The average Bonchev–Trinajstić information content (AvgIpc) is 2.66. The van der Waals surface area contributed by atoms with Crippen LogP contribution < -0.4 is 5.56 Å². The van der Waals surface area contributed by atoms with Crippen LogP contribution in [0.25, 0.3) is 10.9 Å². The van der Waals surface area contributed by atoms with Crippen molar-refractivity contribution in [3.05, 3.63) is 98.1 Å². The van der Waals surface area contributed by atoms with E-state index in [0.717, 1.165) is 33.4 Å². The van der Waals surface area contributed by atoms with Gasteiger partial charge in [0, 0.05) is 28.8 Å². The van der Waals surface area contributed by atoms with Gasteiger partial charge < -0.3 is 4.98 Å². The molecule has 29 heavy (non-hydrogen) atoms. The largest absolute Gasteiger partial charge is 0.310 e. The third-order valence-electron chi connectivity index (χ3n) is 5.23. The average molecular weight is 384 g/mol. The third-order valence-corrected chi connectivity index (χ3v) is 5.23. The fraction of sp³-hybridized carbons (Fsp3) is 0.250. The molecular formula is C24H24N4O. The fourth-order valence-corrected chi connectivity index (χ4v) is 3.72. The molecule has 0 unspecified atom stereocenters. The maximum Gasteiger partial charge on any atom is 0.254 e. The standard InChI is InChI=1S/C24H24N4O/c1-14-7-5-9-18(11-14)12-20-17(4)26-22(28-24(20)29)13-21-25-16(3)19-10-6-8-15(2)23(19)27-21/h5-11H,12-13H2,1-4H3,(H,26,28,29). The molecule has 146 valence electrons. The van der Waals surface area contributed by atoms with Crippen molar-refractivity contribution in [2.24, 2.45) is 0 Å². The van der Waals surface area contributed by atoms with Gasteiger partial charge in [-0.2, -0.15) is 0 Å². The van der Waals surface area contributed by atoms with E-state index >= 15 is 0 Å². The van der Waals surface area contributed by atoms with Crippen LogP contribution in [0, 0.1) is 27.7 Å². The van der Waals surface area contributed by atoms with E-state index in [4.69, 9.17) is 4.98 Å². The summed E-state index contributed by atoms with van der Waals surface area (Å²) in [7, 11) is 0. The summed E-state index contributed by atoms with van der Waals surface area (Å²) in [6.45, 7) is 7.97. The van der Waals surface area contributed by atoms with Crippen molar-refractivity contribution in [2.45, 2.75) is 40.5 Å². The number of nitrogens with zero attached hydrogens (tertiary/aromatic N) is 3. The number of fused-ring (bicyclic) bond motifs is 1. The number of benzene rings is 2. The first-order chi connectivity index (χ1) is 13.9. The summed E-state index contributed by atoms with van der Waals surface area (Å²) in [6.07, 6.45) is 0.965. The van der Waals surface area contributed by atoms with Crippen LogP contribution >= 0.6 is 0 Å². The summed E-state index contributed by atoms with van der Waals surface area (Å²) < 4.78 is 0. The number of aromatic nitrogens is 4. The number of aromatic amines is 1. The molecule has 5 heteroatoms. The molecule has 0 aliphatic heterocycles. The van der Waals surface area contributed by atoms with Crippen LogP contribution in [0.15, 0.2) is 47.3 Å². The van der Waals surface area contributed by atoms with Crippen LogP contribution in [0.1, 0.15) is 45.3 Å². The number of hydrogen-bond acceptors (Lipinski definition) is 4. The third kappa shape index (κ3) is 3.94. The first kappa shape index (κ1) is 19.0. The zero-order valence-electron chi connectivity index (χ0n) is 17.2. The van der Waals surface area contributed by atoms with Crippen molar-refractivity contribution >= 4 is 10.9 Å². The maximum atomic E-state index is 12.7. The van der Waals surface area contributed by atoms with Gasteiger partial charge in [-0.15, -0.1) is 0 Å². The molecule has 0 fully saturated rings. The lowest BCUT2D eigenvalue weighted by molar-refractivity contribution is 0.846. The summed E-state index contributed by atoms with van der Waals surface area (Å²) >= 11 is 0. The van der Waals surface area contributed by atoms with Crippen molar-refractivity contribution in [2.75, 3.05) is 0 Å². The zero-order chi connectivity index (χ0) is 20.5. The van der Waals surface area contributed by atoms with Gasteiger partial charge in [-0.3, -0.25) is 4.79 Å². The first-order valence-electron chi connectivity index (χ1n) is 9.78. The SMILES string of the molecule is Cc1cccc(Cc2c(C)nc(Cc3nc(C)c4cccc(C)c4n3)[nH]c2=O)c1. The van der Waals surface area contributed by atoms with E-state index in [0.29, 0.717) is 30.1 Å². The van der Waals surface area contributed by atoms with E-state index in [1.807, 2.05) is 51.1 Å². The number of aryl methyl sites for hydroxylation is 4. The Morgan fingerprint density at radius 3 is 2.41 bits per heavy atom. The molecule has 0 aliphatic carbocycles. The van der Waals surface area contributed by atoms with Gasteiger partial charge in [0.05, 0.1) is 11.9 Å². The quantitative estimate of drug-likeness (QED) is 0.574. The van der Waals surface area contributed by atoms with Crippen LogP contribution in [-0.4, -0.2) is 19.9 Å². The van der Waals surface area contributed by atoms with Crippen LogP contribution in [0.2, 0.25) is 0 Å². The highest BCUT2D eigenvalue weighted by Crippen LogP contribution is 2.19. The topological polar surface area (TPSA) is 71.5 Å². The molecule has 4 aromatic rings. The molecule has 0 spiro atoms. The molecule has 2 heterocycles. The molecule has 0 aliphatic rings. The number of nitrogens with one attached hydrogen (secondary N) is 1. The minimum atomic E-state index is -0.0947. The summed E-state index contributed by atoms with van der Waals surface area (Å²) in [5.41, 5.74) is 6.64. The monoisotopic (exact) mass is 384 g/mol. The Labute approximate surface area is 169 Å². The van der Waals surface area contributed by atoms with E-state index in [2.05, 4.69) is 34.0 Å². The van der Waals surface area contributed by atoms with Crippen LogP contribution in [-0.2, 0) is 12.8 Å².